The Morgan fingerprint density at radius 1 is 0.889 bits per heavy atom. The summed E-state index contributed by atoms with van der Waals surface area (Å²) in [6, 6.07) is 9.60. The molecule has 2 saturated heterocycles. The van der Waals surface area contributed by atoms with E-state index >= 15 is 0 Å². The van der Waals surface area contributed by atoms with Gasteiger partial charge in [0.1, 0.15) is 0 Å². The van der Waals surface area contributed by atoms with Crippen LogP contribution in [0.5, 0.6) is 0 Å². The van der Waals surface area contributed by atoms with Gasteiger partial charge in [-0.3, -0.25) is 14.4 Å². The van der Waals surface area contributed by atoms with Crippen molar-refractivity contribution in [3.63, 3.8) is 0 Å². The van der Waals surface area contributed by atoms with Crippen LogP contribution >= 0.6 is 0 Å². The van der Waals surface area contributed by atoms with Crippen molar-refractivity contribution in [2.24, 2.45) is 5.92 Å². The molecule has 2 aliphatic heterocycles. The van der Waals surface area contributed by atoms with Crippen molar-refractivity contribution in [2.45, 2.75) is 38.1 Å². The van der Waals surface area contributed by atoms with E-state index in [0.29, 0.717) is 50.7 Å². The van der Waals surface area contributed by atoms with E-state index in [2.05, 4.69) is 0 Å². The second-order valence-electron chi connectivity index (χ2n) is 7.87. The number of benzene rings is 1. The lowest BCUT2D eigenvalue weighted by molar-refractivity contribution is -0.137. The third kappa shape index (κ3) is 3.70. The van der Waals surface area contributed by atoms with Crippen molar-refractivity contribution < 1.29 is 14.4 Å². The van der Waals surface area contributed by atoms with Crippen LogP contribution in [0.2, 0.25) is 0 Å². The lowest BCUT2D eigenvalue weighted by Crippen LogP contribution is -2.52. The van der Waals surface area contributed by atoms with E-state index in [-0.39, 0.29) is 23.6 Å². The quantitative estimate of drug-likeness (QED) is 0.816. The zero-order valence-electron chi connectivity index (χ0n) is 15.7. The maximum absolute atomic E-state index is 12.9. The largest absolute Gasteiger partial charge is 0.339 e. The molecule has 1 saturated carbocycles. The summed E-state index contributed by atoms with van der Waals surface area (Å²) < 4.78 is 0. The molecule has 2 heterocycles. The first-order valence-corrected chi connectivity index (χ1v) is 10.1. The summed E-state index contributed by atoms with van der Waals surface area (Å²) in [7, 11) is 0. The third-order valence-electron chi connectivity index (χ3n) is 6.17. The zero-order chi connectivity index (χ0) is 18.8. The van der Waals surface area contributed by atoms with Crippen LogP contribution < -0.4 is 0 Å². The van der Waals surface area contributed by atoms with Gasteiger partial charge >= 0.3 is 0 Å². The van der Waals surface area contributed by atoms with Gasteiger partial charge in [-0.15, -0.1) is 0 Å². The number of likely N-dealkylation sites (tertiary alicyclic amines) is 1. The van der Waals surface area contributed by atoms with E-state index in [1.807, 2.05) is 45.0 Å². The van der Waals surface area contributed by atoms with E-state index < -0.39 is 0 Å². The first-order valence-electron chi connectivity index (χ1n) is 10.1. The van der Waals surface area contributed by atoms with Crippen molar-refractivity contribution in [1.29, 1.82) is 0 Å². The average Bonchev–Trinajstić information content (AvgIpc) is 3.37. The van der Waals surface area contributed by atoms with Crippen LogP contribution in [0.15, 0.2) is 30.3 Å². The van der Waals surface area contributed by atoms with E-state index in [9.17, 15) is 14.4 Å². The van der Waals surface area contributed by atoms with Crippen molar-refractivity contribution in [1.82, 2.24) is 14.7 Å². The maximum Gasteiger partial charge on any atom is 0.253 e. The number of amides is 3. The number of carbonyl (C=O) groups is 3. The Kier molecular flexibility index (Phi) is 5.14. The molecule has 3 aliphatic rings. The molecular weight excluding hydrogens is 342 g/mol. The molecule has 3 amide bonds. The molecule has 0 aromatic heterocycles. The SMILES string of the molecule is O=C(c1ccccc1)N1CCN(C(=O)[C@H]2CC(=O)N(C3CCCC3)C2)CC1. The van der Waals surface area contributed by atoms with Gasteiger partial charge in [0.2, 0.25) is 11.8 Å². The highest BCUT2D eigenvalue weighted by molar-refractivity contribution is 5.94. The van der Waals surface area contributed by atoms with Gasteiger partial charge in [-0.05, 0) is 25.0 Å². The van der Waals surface area contributed by atoms with Gasteiger partial charge in [-0.25, -0.2) is 0 Å². The molecular formula is C21H27N3O3. The van der Waals surface area contributed by atoms with Crippen LogP contribution in [0, 0.1) is 5.92 Å². The molecule has 4 rings (SSSR count). The Hall–Kier alpha value is -2.37. The molecule has 0 spiro atoms. The molecule has 6 nitrogen and oxygen atoms in total. The standard InChI is InChI=1S/C21H27N3O3/c25-19-14-17(15-24(19)18-8-4-5-9-18)21(27)23-12-10-22(11-13-23)20(26)16-6-2-1-3-7-16/h1-3,6-7,17-18H,4-5,8-15H2/t17-/m0/s1. The molecule has 1 atom stereocenters. The zero-order valence-corrected chi connectivity index (χ0v) is 15.7. The molecule has 1 aromatic rings. The van der Waals surface area contributed by atoms with Gasteiger partial charge < -0.3 is 14.7 Å². The highest BCUT2D eigenvalue weighted by Crippen LogP contribution is 2.30. The Labute approximate surface area is 160 Å². The lowest BCUT2D eigenvalue weighted by Gasteiger charge is -2.36. The van der Waals surface area contributed by atoms with Crippen LogP contribution in [0.1, 0.15) is 42.5 Å². The minimum atomic E-state index is -0.213. The number of piperazine rings is 1. The van der Waals surface area contributed by atoms with Crippen LogP contribution in [0.4, 0.5) is 0 Å². The first kappa shape index (κ1) is 18.0. The Balaban J connectivity index is 1.31. The fraction of sp³-hybridized carbons (Fsp3) is 0.571. The smallest absolute Gasteiger partial charge is 0.253 e. The maximum atomic E-state index is 12.9. The summed E-state index contributed by atoms with van der Waals surface area (Å²) in [5.41, 5.74) is 0.686. The topological polar surface area (TPSA) is 60.9 Å². The molecule has 0 N–H and O–H groups in total. The van der Waals surface area contributed by atoms with Crippen molar-refractivity contribution in [3.8, 4) is 0 Å². The second kappa shape index (κ2) is 7.71. The summed E-state index contributed by atoms with van der Waals surface area (Å²) in [6.45, 7) is 2.77. The number of hydrogen-bond donors (Lipinski definition) is 0. The van der Waals surface area contributed by atoms with Gasteiger partial charge in [0.05, 0.1) is 5.92 Å². The molecule has 1 aromatic carbocycles. The van der Waals surface area contributed by atoms with E-state index in [4.69, 9.17) is 0 Å². The van der Waals surface area contributed by atoms with Crippen LogP contribution in [-0.2, 0) is 9.59 Å². The van der Waals surface area contributed by atoms with Gasteiger partial charge in [0.25, 0.3) is 5.91 Å². The van der Waals surface area contributed by atoms with Crippen LogP contribution in [0.25, 0.3) is 0 Å². The summed E-state index contributed by atoms with van der Waals surface area (Å²) in [6.07, 6.45) is 4.87. The highest BCUT2D eigenvalue weighted by Gasteiger charge is 2.40. The minimum absolute atomic E-state index is 0.0196. The number of carbonyl (C=O) groups excluding carboxylic acids is 3. The first-order chi connectivity index (χ1) is 13.1. The molecule has 144 valence electrons. The third-order valence-corrected chi connectivity index (χ3v) is 6.17. The normalized spacial score (nSPS) is 23.9. The predicted octanol–water partition coefficient (Wildman–Crippen LogP) is 1.76. The number of nitrogens with zero attached hydrogens (tertiary/aromatic N) is 3. The fourth-order valence-electron chi connectivity index (χ4n) is 4.62. The van der Waals surface area contributed by atoms with E-state index in [1.165, 1.54) is 12.8 Å². The molecule has 0 bridgehead atoms. The molecule has 0 unspecified atom stereocenters. The molecule has 0 radical (unpaired) electrons. The molecule has 27 heavy (non-hydrogen) atoms. The average molecular weight is 369 g/mol. The predicted molar refractivity (Wildman–Crippen MR) is 101 cm³/mol. The molecule has 3 fully saturated rings. The van der Waals surface area contributed by atoms with E-state index in [0.717, 1.165) is 12.8 Å². The van der Waals surface area contributed by atoms with Gasteiger partial charge in [0.15, 0.2) is 0 Å². The summed E-state index contributed by atoms with van der Waals surface area (Å²) >= 11 is 0. The van der Waals surface area contributed by atoms with Gasteiger partial charge in [-0.1, -0.05) is 31.0 Å². The highest BCUT2D eigenvalue weighted by atomic mass is 16.2. The second-order valence-corrected chi connectivity index (χ2v) is 7.87. The van der Waals surface area contributed by atoms with Crippen molar-refractivity contribution >= 4 is 17.7 Å². The Bertz CT molecular complexity index is 707. The van der Waals surface area contributed by atoms with Gasteiger partial charge in [0, 0.05) is 50.7 Å². The van der Waals surface area contributed by atoms with Crippen molar-refractivity contribution in [3.05, 3.63) is 35.9 Å². The molecule has 6 heteroatoms. The van der Waals surface area contributed by atoms with Crippen LogP contribution in [-0.4, -0.2) is 71.2 Å². The minimum Gasteiger partial charge on any atom is -0.339 e. The Morgan fingerprint density at radius 2 is 1.52 bits per heavy atom. The van der Waals surface area contributed by atoms with Crippen molar-refractivity contribution in [2.75, 3.05) is 32.7 Å². The molecule has 1 aliphatic carbocycles. The van der Waals surface area contributed by atoms with Crippen LogP contribution in [0.3, 0.4) is 0 Å². The number of rotatable bonds is 3. The lowest BCUT2D eigenvalue weighted by atomic mass is 10.1. The monoisotopic (exact) mass is 369 g/mol. The fourth-order valence-corrected chi connectivity index (χ4v) is 4.62. The number of hydrogen-bond acceptors (Lipinski definition) is 3. The van der Waals surface area contributed by atoms with E-state index in [1.54, 1.807) is 0 Å². The van der Waals surface area contributed by atoms with Gasteiger partial charge in [-0.2, -0.15) is 0 Å². The summed E-state index contributed by atoms with van der Waals surface area (Å²) in [5.74, 6) is 0.0226. The summed E-state index contributed by atoms with van der Waals surface area (Å²) in [4.78, 5) is 43.4. The Morgan fingerprint density at radius 3 is 2.19 bits per heavy atom. The summed E-state index contributed by atoms with van der Waals surface area (Å²) in [5, 5.41) is 0.